The SMILES string of the molecule is CO[C@H]1OC(CO)[C@@H](O[C@H]2[CH-][C@H](O)[C@H](O[C@@H]3OC(COS(=O)(=O)[O-])[C@@H](O[C@H]4[CH-][C@H](O)[C@H](O[C@@H]5OC(COS(=O)(=O)[O-])[C@@H](O[C@H]6[CH-][C@H](O)[C@H](O[C@H]7OC(CO)[C@@H](O[C@H]8[CH-][C@H](O)[C@H](O)[CH-]O8)[C@H](O)C7N)[CH-]O6)[C@H](O)C5N)[CH-]O4)[C@H](O)C3N)[CH-]O2)[C@H](O)C1N.O=C=O.O=C=O.O=C=O.O=C=O.O=S(=O)([O-])O.O=S(=O)([O-])O.O=S(=O)([O-])O.O=S(=O)([O-])O.[Na+].[Na+].[Na+].[Na+].[Na+].[Na+].[Na+].[Na+].[Na+].[Na+]. The largest absolute Gasteiger partial charge is 1.00 e. The Bertz CT molecular complexity index is 3610. The van der Waals surface area contributed by atoms with Gasteiger partial charge in [-0.2, -0.15) is 64.8 Å². The van der Waals surface area contributed by atoms with Crippen LogP contribution in [0.1, 0.15) is 0 Å². The number of aliphatic hydroxyl groups excluding tert-OH is 11. The number of hydrogen-bond donors (Lipinski definition) is 19. The predicted molar refractivity (Wildman–Crippen MR) is 330 cm³/mol. The molecule has 0 aromatic carbocycles. The van der Waals surface area contributed by atoms with Crippen LogP contribution in [0.15, 0.2) is 0 Å². The molecule has 8 rings (SSSR count). The minimum absolute atomic E-state index is 0. The smallest absolute Gasteiger partial charge is 0.726 e. The van der Waals surface area contributed by atoms with Crippen LogP contribution in [0.3, 0.4) is 0 Å². The van der Waals surface area contributed by atoms with E-state index < -0.39 is 285 Å². The molecule has 8 saturated heterocycles. The molecule has 0 aromatic heterocycles. The standard InChI is InChI=1S/C45H72N4O35S2.4CO2.10Na.4H2O4S/c1-67-42-30(46)34(57)38(19(6-50)74-42)82-27-3-15(53)22(10-69-27)77-44-32(48)36(59)41(25(79-44)13-73-86(64,65)66)84-29-5-17(55)23(11-71-29)78-45-33(49)37(60)40(24(80-45)12-72-85(61,62)63)83-28-4-16(54)21(9-70-28)76-43-31(47)35(58)39(20(7-51)75-43)81-26-2-14(52)18(56)8-68-26;4*2-1-3;;;;;;;;;;;4*1-5(2,3)4/h2-5,8-11,14-45,50-60H,6-7,12-13,46-49H2,1H3,(H,61,62,63)(H,64,65,66);;;;;;;;;;;;;;;4*(H2,1,2,3,4)/q-8;;;;;10*+1;;;;/p-6/t14-,15-,16-,17-,18+,19?,20?,21+,22+,23+,24?,25?,26-,27-,28-,29-,30?,31?,32?,33?,34+,35+,36+,37+,38+,39+,40+,41+,42-,43+,44+,45+;;;;;;;;;;;;;;;;;;/m0................../s1. The van der Waals surface area contributed by atoms with Gasteiger partial charge >= 0.3 is 320 Å². The Morgan fingerprint density at radius 1 is 0.320 bits per heavy atom. The van der Waals surface area contributed by atoms with Crippen molar-refractivity contribution < 1.29 is 570 Å². The van der Waals surface area contributed by atoms with Gasteiger partial charge in [0.15, 0.2) is 25.2 Å². The quantitative estimate of drug-likeness (QED) is 0.0195. The van der Waals surface area contributed by atoms with E-state index >= 15 is 0 Å². The normalized spacial score (nSPS) is 34.6. The summed E-state index contributed by atoms with van der Waals surface area (Å²) in [5, 5.41) is 117. The van der Waals surface area contributed by atoms with Gasteiger partial charge in [0.2, 0.25) is 62.4 Å². The number of ether oxygens (including phenoxy) is 16. The molecular weight excluding hydrogens is 2010 g/mol. The van der Waals surface area contributed by atoms with Gasteiger partial charge in [0.25, 0.3) is 0 Å². The van der Waals surface area contributed by atoms with Gasteiger partial charge in [-0.05, 0) is 24.4 Å². The number of methoxy groups -OCH3 is 1. The van der Waals surface area contributed by atoms with Crippen LogP contribution in [0.5, 0.6) is 0 Å². The first-order valence-corrected chi connectivity index (χ1v) is 38.7. The van der Waals surface area contributed by atoms with Gasteiger partial charge in [0.1, 0.15) is 73.2 Å². The zero-order valence-electron chi connectivity index (χ0n) is 68.4. The topological polar surface area (TPSA) is 1050 Å². The van der Waals surface area contributed by atoms with Crippen LogP contribution in [-0.2, 0) is 185 Å². The van der Waals surface area contributed by atoms with Crippen molar-refractivity contribution in [3.8, 4) is 0 Å². The third kappa shape index (κ3) is 66.5. The van der Waals surface area contributed by atoms with Crippen LogP contribution in [-0.4, -0.2) is 407 Å². The summed E-state index contributed by atoms with van der Waals surface area (Å²) < 4.78 is 300. The predicted octanol–water partition coefficient (Wildman–Crippen LogP) is -48.7. The molecule has 8 fully saturated rings. The number of aliphatic hydroxyl groups is 11. The Morgan fingerprint density at radius 2 is 0.508 bits per heavy atom. The Balaban J connectivity index is -0.000000313. The zero-order valence-corrected chi connectivity index (χ0v) is 93.3. The van der Waals surface area contributed by atoms with E-state index in [0.717, 1.165) is 52.1 Å². The molecule has 8 aliphatic heterocycles. The summed E-state index contributed by atoms with van der Waals surface area (Å²) in [5.74, 6) is 0. The number of hydrogen-bond acceptors (Lipinski definition) is 59. The summed E-state index contributed by atoms with van der Waals surface area (Å²) in [4.78, 5) is 65.0. The van der Waals surface area contributed by atoms with Crippen molar-refractivity contribution in [1.29, 1.82) is 0 Å². The summed E-state index contributed by atoms with van der Waals surface area (Å²) in [6, 6.07) is -5.80. The average molecular weight is 2090 g/mol. The summed E-state index contributed by atoms with van der Waals surface area (Å²) in [6.45, 7) is -0.133. The summed E-state index contributed by atoms with van der Waals surface area (Å²) in [6.07, 6.45) is -38.4. The molecule has 32 atom stereocenters. The molecule has 63 nitrogen and oxygen atoms in total. The number of carbonyl (C=O) groups excluding carboxylic acids is 8. The molecular formula is C49H74N4Na10O59S6-4. The van der Waals surface area contributed by atoms with E-state index in [0.29, 0.717) is 0 Å². The molecule has 8 aliphatic rings. The molecule has 128 heavy (non-hydrogen) atoms. The van der Waals surface area contributed by atoms with Crippen molar-refractivity contribution in [2.75, 3.05) is 33.5 Å². The Labute approximate surface area is 948 Å². The van der Waals surface area contributed by atoms with E-state index in [-0.39, 0.29) is 320 Å². The van der Waals surface area contributed by atoms with Crippen molar-refractivity contribution in [3.63, 3.8) is 0 Å². The molecule has 0 saturated carbocycles. The van der Waals surface area contributed by atoms with Crippen molar-refractivity contribution in [2.24, 2.45) is 22.9 Å². The van der Waals surface area contributed by atoms with Crippen molar-refractivity contribution in [3.05, 3.63) is 52.1 Å². The van der Waals surface area contributed by atoms with Gasteiger partial charge in [-0.25, -0.2) is 76.2 Å². The second-order valence-corrected chi connectivity index (χ2v) is 28.0. The van der Waals surface area contributed by atoms with Gasteiger partial charge < -0.3 is 182 Å². The minimum Gasteiger partial charge on any atom is -0.726 e. The molecule has 694 valence electrons. The third-order valence-corrected chi connectivity index (χ3v) is 15.3. The van der Waals surface area contributed by atoms with E-state index in [4.69, 9.17) is 207 Å². The molecule has 79 heteroatoms. The third-order valence-electron chi connectivity index (χ3n) is 14.4. The maximum atomic E-state index is 11.6. The molecule has 0 amide bonds. The van der Waals surface area contributed by atoms with Gasteiger partial charge in [-0.1, -0.05) is 24.4 Å². The molecule has 8 unspecified atom stereocenters. The fourth-order valence-corrected chi connectivity index (χ4v) is 10.4. The molecule has 0 radical (unpaired) electrons. The number of nitrogens with two attached hydrogens (primary N) is 4. The maximum absolute atomic E-state index is 11.6. The van der Waals surface area contributed by atoms with Crippen molar-refractivity contribution in [1.82, 2.24) is 0 Å². The number of rotatable bonds is 23. The second-order valence-electron chi connectivity index (χ2n) is 22.5. The zero-order chi connectivity index (χ0) is 91.5. The van der Waals surface area contributed by atoms with Crippen LogP contribution in [0.4, 0.5) is 0 Å². The van der Waals surface area contributed by atoms with Crippen LogP contribution >= 0.6 is 0 Å². The summed E-state index contributed by atoms with van der Waals surface area (Å²) >= 11 is 0. The minimum atomic E-state index is -5.45. The fourth-order valence-electron chi connectivity index (χ4n) is 9.82. The van der Waals surface area contributed by atoms with Crippen molar-refractivity contribution in [2.45, 2.75) is 197 Å². The van der Waals surface area contributed by atoms with Gasteiger partial charge in [0, 0.05) is 32.3 Å². The van der Waals surface area contributed by atoms with E-state index in [1.165, 1.54) is 7.11 Å². The Kier molecular flexibility index (Phi) is 95.1. The van der Waals surface area contributed by atoms with Crippen LogP contribution < -0.4 is 319 Å². The first-order chi connectivity index (χ1) is 54.2. The van der Waals surface area contributed by atoms with Crippen molar-refractivity contribution >= 4 is 87.0 Å². The Morgan fingerprint density at radius 3 is 0.703 bits per heavy atom. The first-order valence-electron chi connectivity index (χ1n) is 30.6. The summed E-state index contributed by atoms with van der Waals surface area (Å²) in [5.41, 5.74) is 24.7. The molecule has 0 aliphatic carbocycles. The van der Waals surface area contributed by atoms with Crippen LogP contribution in [0.2, 0.25) is 0 Å². The van der Waals surface area contributed by atoms with Crippen LogP contribution in [0, 0.1) is 52.1 Å². The monoisotopic (exact) mass is 2080 g/mol. The van der Waals surface area contributed by atoms with E-state index in [2.05, 4.69) is 8.37 Å². The van der Waals surface area contributed by atoms with E-state index in [9.17, 15) is 82.1 Å². The Hall–Kier alpha value is 5.50. The van der Waals surface area contributed by atoms with Crippen LogP contribution in [0.25, 0.3) is 0 Å². The summed E-state index contributed by atoms with van der Waals surface area (Å²) in [7, 11) is -29.3. The molecule has 8 heterocycles. The fraction of sp³-hybridized carbons (Fsp3) is 0.755. The van der Waals surface area contributed by atoms with E-state index in [1.807, 2.05) is 0 Å². The molecule has 23 N–H and O–H groups in total. The molecule has 0 spiro atoms. The van der Waals surface area contributed by atoms with Gasteiger partial charge in [0.05, 0.1) is 50.6 Å². The molecule has 0 aromatic rings. The van der Waals surface area contributed by atoms with E-state index in [1.54, 1.807) is 0 Å². The average Bonchev–Trinajstić information content (AvgIpc) is 0.795. The first kappa shape index (κ1) is 156. The van der Waals surface area contributed by atoms with Gasteiger partial charge in [-0.3, -0.25) is 26.6 Å². The maximum Gasteiger partial charge on any atom is 1.00 e. The van der Waals surface area contributed by atoms with Gasteiger partial charge in [-0.15, -0.1) is 0 Å². The second kappa shape index (κ2) is 77.9. The molecule has 0 bridgehead atoms.